The van der Waals surface area contributed by atoms with Gasteiger partial charge in [-0.3, -0.25) is 0 Å². The molecule has 0 spiro atoms. The van der Waals surface area contributed by atoms with Crippen molar-refractivity contribution in [3.05, 3.63) is 35.9 Å². The van der Waals surface area contributed by atoms with Crippen molar-refractivity contribution in [2.45, 2.75) is 66.2 Å². The van der Waals surface area contributed by atoms with E-state index in [-0.39, 0.29) is 0 Å². The summed E-state index contributed by atoms with van der Waals surface area (Å²) in [6, 6.07) is 11.0. The second kappa shape index (κ2) is 9.18. The summed E-state index contributed by atoms with van der Waals surface area (Å²) >= 11 is 0. The quantitative estimate of drug-likeness (QED) is 0.470. The van der Waals surface area contributed by atoms with Crippen LogP contribution in [0.3, 0.4) is 0 Å². The maximum Gasteiger partial charge on any atom is -0.0248 e. The normalized spacial score (nSPS) is 13.2. The van der Waals surface area contributed by atoms with Crippen molar-refractivity contribution in [3.8, 4) is 0 Å². The third-order valence-electron chi connectivity index (χ3n) is 4.14. The second-order valence-electron chi connectivity index (χ2n) is 6.73. The second-order valence-corrected chi connectivity index (χ2v) is 6.73. The highest BCUT2D eigenvalue weighted by atomic mass is 14.2. The van der Waals surface area contributed by atoms with Crippen LogP contribution in [0.25, 0.3) is 0 Å². The summed E-state index contributed by atoms with van der Waals surface area (Å²) in [5, 5.41) is 0. The van der Waals surface area contributed by atoms with Gasteiger partial charge in [0, 0.05) is 0 Å². The van der Waals surface area contributed by atoms with E-state index < -0.39 is 0 Å². The number of unbranched alkanes of at least 4 members (excludes halogenated alkanes) is 2. The highest BCUT2D eigenvalue weighted by Crippen LogP contribution is 2.23. The van der Waals surface area contributed by atoms with Crippen LogP contribution < -0.4 is 0 Å². The highest BCUT2D eigenvalue weighted by Gasteiger charge is 2.13. The molecule has 1 unspecified atom stereocenters. The lowest BCUT2D eigenvalue weighted by Crippen LogP contribution is -2.12. The Morgan fingerprint density at radius 2 is 1.42 bits per heavy atom. The highest BCUT2D eigenvalue weighted by molar-refractivity contribution is 5.15. The molecule has 0 aliphatic heterocycles. The van der Waals surface area contributed by atoms with Crippen molar-refractivity contribution >= 4 is 0 Å². The Morgan fingerprint density at radius 3 is 2.00 bits per heavy atom. The SMILES string of the molecule is CC(C)CCCCCC(Cc1ccccc1)C(C)C. The fraction of sp³-hybridized carbons (Fsp3) is 0.684. The van der Waals surface area contributed by atoms with Gasteiger partial charge in [-0.25, -0.2) is 0 Å². The van der Waals surface area contributed by atoms with E-state index in [1.54, 1.807) is 0 Å². The third kappa shape index (κ3) is 7.40. The lowest BCUT2D eigenvalue weighted by Gasteiger charge is -2.21. The van der Waals surface area contributed by atoms with Gasteiger partial charge in [0.05, 0.1) is 0 Å². The van der Waals surface area contributed by atoms with Crippen LogP contribution >= 0.6 is 0 Å². The Bertz CT molecular complexity index is 310. The molecule has 0 bridgehead atoms. The zero-order valence-corrected chi connectivity index (χ0v) is 13.4. The van der Waals surface area contributed by atoms with Gasteiger partial charge in [0.1, 0.15) is 0 Å². The van der Waals surface area contributed by atoms with E-state index in [9.17, 15) is 0 Å². The molecule has 0 radical (unpaired) electrons. The summed E-state index contributed by atoms with van der Waals surface area (Å²) in [5.41, 5.74) is 1.50. The molecule has 108 valence electrons. The summed E-state index contributed by atoms with van der Waals surface area (Å²) in [5.74, 6) is 2.51. The molecule has 0 N–H and O–H groups in total. The molecule has 0 fully saturated rings. The van der Waals surface area contributed by atoms with E-state index in [1.165, 1.54) is 44.1 Å². The molecule has 1 aromatic carbocycles. The van der Waals surface area contributed by atoms with Crippen LogP contribution in [0, 0.1) is 17.8 Å². The summed E-state index contributed by atoms with van der Waals surface area (Å²) < 4.78 is 0. The first-order valence-corrected chi connectivity index (χ1v) is 8.13. The summed E-state index contributed by atoms with van der Waals surface area (Å²) in [6.45, 7) is 9.40. The van der Waals surface area contributed by atoms with E-state index in [0.29, 0.717) is 0 Å². The molecule has 0 nitrogen and oxygen atoms in total. The lowest BCUT2D eigenvalue weighted by molar-refractivity contribution is 0.341. The molecule has 19 heavy (non-hydrogen) atoms. The monoisotopic (exact) mass is 260 g/mol. The van der Waals surface area contributed by atoms with Gasteiger partial charge in [-0.1, -0.05) is 83.7 Å². The molecule has 0 heteroatoms. The molecule has 0 saturated heterocycles. The van der Waals surface area contributed by atoms with Gasteiger partial charge in [0.25, 0.3) is 0 Å². The Labute approximate surface area is 120 Å². The van der Waals surface area contributed by atoms with Crippen LogP contribution in [0.15, 0.2) is 30.3 Å². The topological polar surface area (TPSA) is 0 Å². The van der Waals surface area contributed by atoms with Crippen LogP contribution in [0.2, 0.25) is 0 Å². The van der Waals surface area contributed by atoms with E-state index >= 15 is 0 Å². The van der Waals surface area contributed by atoms with E-state index in [1.807, 2.05) is 0 Å². The molecule has 0 amide bonds. The summed E-state index contributed by atoms with van der Waals surface area (Å²) in [7, 11) is 0. The van der Waals surface area contributed by atoms with Crippen LogP contribution in [-0.2, 0) is 6.42 Å². The smallest absolute Gasteiger partial charge is 0.0248 e. The average molecular weight is 260 g/mol. The largest absolute Gasteiger partial charge is 0.0628 e. The van der Waals surface area contributed by atoms with Crippen LogP contribution in [0.5, 0.6) is 0 Å². The molecule has 1 rings (SSSR count). The van der Waals surface area contributed by atoms with Crippen molar-refractivity contribution in [2.75, 3.05) is 0 Å². The third-order valence-corrected chi connectivity index (χ3v) is 4.14. The molecule has 0 saturated carbocycles. The van der Waals surface area contributed by atoms with Crippen molar-refractivity contribution in [2.24, 2.45) is 17.8 Å². The Kier molecular flexibility index (Phi) is 7.86. The van der Waals surface area contributed by atoms with Crippen molar-refractivity contribution in [1.82, 2.24) is 0 Å². The molecule has 0 aliphatic carbocycles. The molecule has 0 aliphatic rings. The Morgan fingerprint density at radius 1 is 0.789 bits per heavy atom. The predicted octanol–water partition coefficient (Wildman–Crippen LogP) is 6.11. The minimum absolute atomic E-state index is 0.797. The van der Waals surface area contributed by atoms with Gasteiger partial charge in [0.2, 0.25) is 0 Å². The average Bonchev–Trinajstić information content (AvgIpc) is 2.37. The van der Waals surface area contributed by atoms with Gasteiger partial charge < -0.3 is 0 Å². The molecular weight excluding hydrogens is 228 g/mol. The standard InChI is InChI=1S/C19H32/c1-16(2)11-7-5-10-14-19(17(3)4)15-18-12-8-6-9-13-18/h6,8-9,12-13,16-17,19H,5,7,10-11,14-15H2,1-4H3. The minimum atomic E-state index is 0.797. The van der Waals surface area contributed by atoms with Gasteiger partial charge in [-0.15, -0.1) is 0 Å². The number of hydrogen-bond acceptors (Lipinski definition) is 0. The van der Waals surface area contributed by atoms with Gasteiger partial charge in [0.15, 0.2) is 0 Å². The first kappa shape index (κ1) is 16.3. The molecule has 0 heterocycles. The minimum Gasteiger partial charge on any atom is -0.0628 e. The van der Waals surface area contributed by atoms with E-state index in [2.05, 4.69) is 58.0 Å². The van der Waals surface area contributed by atoms with Crippen LogP contribution in [0.1, 0.15) is 65.4 Å². The zero-order valence-electron chi connectivity index (χ0n) is 13.4. The molecule has 0 aromatic heterocycles. The Balaban J connectivity index is 2.29. The van der Waals surface area contributed by atoms with Gasteiger partial charge >= 0.3 is 0 Å². The van der Waals surface area contributed by atoms with Crippen LogP contribution in [0.4, 0.5) is 0 Å². The maximum absolute atomic E-state index is 2.38. The van der Waals surface area contributed by atoms with E-state index in [4.69, 9.17) is 0 Å². The fourth-order valence-corrected chi connectivity index (χ4v) is 2.72. The first-order valence-electron chi connectivity index (χ1n) is 8.13. The molecule has 1 aromatic rings. The van der Waals surface area contributed by atoms with E-state index in [0.717, 1.165) is 17.8 Å². The van der Waals surface area contributed by atoms with Crippen LogP contribution in [-0.4, -0.2) is 0 Å². The number of rotatable bonds is 9. The Hall–Kier alpha value is -0.780. The maximum atomic E-state index is 2.38. The van der Waals surface area contributed by atoms with Crippen molar-refractivity contribution in [3.63, 3.8) is 0 Å². The van der Waals surface area contributed by atoms with Crippen molar-refractivity contribution in [1.29, 1.82) is 0 Å². The molecular formula is C19H32. The number of benzene rings is 1. The number of hydrogen-bond donors (Lipinski definition) is 0. The first-order chi connectivity index (χ1) is 9.09. The lowest BCUT2D eigenvalue weighted by atomic mass is 9.85. The molecule has 1 atom stereocenters. The zero-order chi connectivity index (χ0) is 14.1. The summed E-state index contributed by atoms with van der Waals surface area (Å²) in [6.07, 6.45) is 8.27. The summed E-state index contributed by atoms with van der Waals surface area (Å²) in [4.78, 5) is 0. The van der Waals surface area contributed by atoms with Crippen molar-refractivity contribution < 1.29 is 0 Å². The van der Waals surface area contributed by atoms with Gasteiger partial charge in [-0.2, -0.15) is 0 Å². The predicted molar refractivity (Wildman–Crippen MR) is 86.4 cm³/mol. The van der Waals surface area contributed by atoms with Gasteiger partial charge in [-0.05, 0) is 36.2 Å². The fourth-order valence-electron chi connectivity index (χ4n) is 2.72.